The molecule has 0 N–H and O–H groups in total. The second kappa shape index (κ2) is 6.93. The fourth-order valence-corrected chi connectivity index (χ4v) is 4.12. The van der Waals surface area contributed by atoms with E-state index in [-0.39, 0.29) is 22.7 Å². The van der Waals surface area contributed by atoms with E-state index in [4.69, 9.17) is 9.47 Å². The predicted molar refractivity (Wildman–Crippen MR) is 106 cm³/mol. The number of ether oxygens (including phenoxy) is 2. The number of fused-ring (bicyclic) bond motifs is 2. The first kappa shape index (κ1) is 17.4. The van der Waals surface area contributed by atoms with Gasteiger partial charge in [0.05, 0.1) is 30.3 Å². The second-order valence-corrected chi connectivity index (χ2v) is 7.15. The summed E-state index contributed by atoms with van der Waals surface area (Å²) < 4.78 is 10.6. The minimum absolute atomic E-state index is 0.237. The second-order valence-electron chi connectivity index (χ2n) is 6.03. The maximum Gasteiger partial charge on any atom is 0.204 e. The van der Waals surface area contributed by atoms with Crippen LogP contribution in [-0.2, 0) is 0 Å². The van der Waals surface area contributed by atoms with Crippen molar-refractivity contribution in [3.05, 3.63) is 76.7 Å². The molecular weight excluding hydrogens is 360 g/mol. The molecule has 134 valence electrons. The van der Waals surface area contributed by atoms with Crippen LogP contribution in [0, 0.1) is 0 Å². The summed E-state index contributed by atoms with van der Waals surface area (Å²) in [6.45, 7) is 0. The highest BCUT2D eigenvalue weighted by Crippen LogP contribution is 2.40. The number of allylic oxidation sites excluding steroid dienone is 2. The molecule has 27 heavy (non-hydrogen) atoms. The van der Waals surface area contributed by atoms with E-state index >= 15 is 0 Å². The molecule has 4 rings (SSSR count). The third kappa shape index (κ3) is 3.00. The van der Waals surface area contributed by atoms with Crippen LogP contribution in [0.1, 0.15) is 20.7 Å². The summed E-state index contributed by atoms with van der Waals surface area (Å²) >= 11 is 1.28. The molecule has 4 nitrogen and oxygen atoms in total. The number of ketones is 2. The number of benzene rings is 3. The Bertz CT molecular complexity index is 1110. The molecule has 1 aliphatic carbocycles. The van der Waals surface area contributed by atoms with Crippen molar-refractivity contribution in [1.82, 2.24) is 0 Å². The fraction of sp³-hybridized carbons (Fsp3) is 0.0909. The number of carbonyl (C=O) groups is 2. The Labute approximate surface area is 160 Å². The first-order chi connectivity index (χ1) is 13.1. The molecule has 3 aromatic rings. The largest absolute Gasteiger partial charge is 0.496 e. The van der Waals surface area contributed by atoms with Gasteiger partial charge >= 0.3 is 0 Å². The predicted octanol–water partition coefficient (Wildman–Crippen LogP) is 4.91. The lowest BCUT2D eigenvalue weighted by molar-refractivity contribution is 0.0986. The van der Waals surface area contributed by atoms with Crippen LogP contribution in [0.4, 0.5) is 0 Å². The zero-order valence-electron chi connectivity index (χ0n) is 14.8. The molecule has 0 saturated carbocycles. The van der Waals surface area contributed by atoms with Gasteiger partial charge in [-0.25, -0.2) is 0 Å². The van der Waals surface area contributed by atoms with E-state index in [0.29, 0.717) is 16.4 Å². The molecule has 0 atom stereocenters. The van der Waals surface area contributed by atoms with Gasteiger partial charge in [-0.15, -0.1) is 0 Å². The van der Waals surface area contributed by atoms with Crippen molar-refractivity contribution in [2.24, 2.45) is 0 Å². The molecule has 0 amide bonds. The Morgan fingerprint density at radius 1 is 0.778 bits per heavy atom. The quantitative estimate of drug-likeness (QED) is 0.647. The van der Waals surface area contributed by atoms with Crippen molar-refractivity contribution in [2.45, 2.75) is 4.90 Å². The molecule has 1 aliphatic rings. The number of methoxy groups -OCH3 is 2. The molecule has 0 saturated heterocycles. The standard InChI is InChI=1S/C22H16O4S/c1-25-17-9-10-18(26-2)21-20(17)16(23)12-19(22(21)24)27-15-8-7-13-5-3-4-6-14(13)11-15/h3-12H,1-2H3. The summed E-state index contributed by atoms with van der Waals surface area (Å²) in [6, 6.07) is 17.3. The van der Waals surface area contributed by atoms with Crippen molar-refractivity contribution < 1.29 is 19.1 Å². The van der Waals surface area contributed by atoms with Crippen LogP contribution in [0.25, 0.3) is 10.8 Å². The van der Waals surface area contributed by atoms with Gasteiger partial charge in [0.25, 0.3) is 0 Å². The number of thioether (sulfide) groups is 1. The zero-order chi connectivity index (χ0) is 19.0. The summed E-state index contributed by atoms with van der Waals surface area (Å²) in [5.74, 6) is 0.242. The summed E-state index contributed by atoms with van der Waals surface area (Å²) in [5.41, 5.74) is 0.511. The van der Waals surface area contributed by atoms with Crippen LogP contribution in [0.5, 0.6) is 11.5 Å². The molecule has 0 bridgehead atoms. The highest BCUT2D eigenvalue weighted by atomic mass is 32.2. The first-order valence-corrected chi connectivity index (χ1v) is 9.16. The molecule has 0 radical (unpaired) electrons. The molecule has 3 aromatic carbocycles. The van der Waals surface area contributed by atoms with Gasteiger partial charge in [-0.1, -0.05) is 42.1 Å². The maximum absolute atomic E-state index is 13.1. The molecule has 0 unspecified atom stereocenters. The highest BCUT2D eigenvalue weighted by molar-refractivity contribution is 8.04. The van der Waals surface area contributed by atoms with Crippen molar-refractivity contribution in [3.8, 4) is 11.5 Å². The SMILES string of the molecule is COc1ccc(OC)c2c1C(=O)C=C(Sc1ccc3ccccc3c1)C2=O. The molecular formula is C22H16O4S. The van der Waals surface area contributed by atoms with Crippen LogP contribution in [0.15, 0.2) is 70.5 Å². The Kier molecular flexibility index (Phi) is 4.46. The molecule has 0 fully saturated rings. The number of Topliss-reactive ketones (excluding diaryl/α,β-unsaturated/α-hetero) is 1. The Hall–Kier alpha value is -3.05. The van der Waals surface area contributed by atoms with Gasteiger partial charge in [0.15, 0.2) is 5.78 Å². The molecule has 5 heteroatoms. The smallest absolute Gasteiger partial charge is 0.204 e. The third-order valence-electron chi connectivity index (χ3n) is 4.48. The lowest BCUT2D eigenvalue weighted by atomic mass is 9.93. The van der Waals surface area contributed by atoms with Gasteiger partial charge in [-0.05, 0) is 35.0 Å². The van der Waals surface area contributed by atoms with Crippen LogP contribution < -0.4 is 9.47 Å². The molecule has 0 spiro atoms. The number of hydrogen-bond donors (Lipinski definition) is 0. The lowest BCUT2D eigenvalue weighted by Crippen LogP contribution is -2.18. The fourth-order valence-electron chi connectivity index (χ4n) is 3.19. The average molecular weight is 376 g/mol. The van der Waals surface area contributed by atoms with Crippen molar-refractivity contribution >= 4 is 34.1 Å². The number of hydrogen-bond acceptors (Lipinski definition) is 5. The van der Waals surface area contributed by atoms with Gasteiger partial charge < -0.3 is 9.47 Å². The van der Waals surface area contributed by atoms with Crippen LogP contribution in [0.3, 0.4) is 0 Å². The molecule has 0 heterocycles. The van der Waals surface area contributed by atoms with Crippen molar-refractivity contribution in [1.29, 1.82) is 0 Å². The van der Waals surface area contributed by atoms with Gasteiger partial charge in [-0.3, -0.25) is 9.59 Å². The maximum atomic E-state index is 13.1. The Morgan fingerprint density at radius 3 is 2.15 bits per heavy atom. The van der Waals surface area contributed by atoms with Gasteiger partial charge in [0.2, 0.25) is 5.78 Å². The molecule has 0 aromatic heterocycles. The summed E-state index contributed by atoms with van der Waals surface area (Å²) in [7, 11) is 2.96. The monoisotopic (exact) mass is 376 g/mol. The minimum Gasteiger partial charge on any atom is -0.496 e. The van der Waals surface area contributed by atoms with Gasteiger partial charge in [0.1, 0.15) is 11.5 Å². The Morgan fingerprint density at radius 2 is 1.44 bits per heavy atom. The minimum atomic E-state index is -0.261. The topological polar surface area (TPSA) is 52.6 Å². The number of rotatable bonds is 4. The third-order valence-corrected chi connectivity index (χ3v) is 5.49. The normalized spacial score (nSPS) is 13.3. The van der Waals surface area contributed by atoms with Gasteiger partial charge in [-0.2, -0.15) is 0 Å². The van der Waals surface area contributed by atoms with E-state index in [1.54, 1.807) is 12.1 Å². The highest BCUT2D eigenvalue weighted by Gasteiger charge is 2.32. The summed E-state index contributed by atoms with van der Waals surface area (Å²) in [6.07, 6.45) is 1.38. The summed E-state index contributed by atoms with van der Waals surface area (Å²) in [4.78, 5) is 27.1. The van der Waals surface area contributed by atoms with E-state index in [2.05, 4.69) is 0 Å². The van der Waals surface area contributed by atoms with E-state index in [1.165, 1.54) is 32.1 Å². The van der Waals surface area contributed by atoms with E-state index in [9.17, 15) is 9.59 Å². The molecule has 0 aliphatic heterocycles. The van der Waals surface area contributed by atoms with Crippen molar-refractivity contribution in [3.63, 3.8) is 0 Å². The van der Waals surface area contributed by atoms with Crippen LogP contribution in [-0.4, -0.2) is 25.8 Å². The van der Waals surface area contributed by atoms with Gasteiger partial charge in [0, 0.05) is 11.0 Å². The van der Waals surface area contributed by atoms with Crippen LogP contribution >= 0.6 is 11.8 Å². The number of carbonyl (C=O) groups excluding carboxylic acids is 2. The van der Waals surface area contributed by atoms with E-state index < -0.39 is 0 Å². The van der Waals surface area contributed by atoms with Crippen molar-refractivity contribution in [2.75, 3.05) is 14.2 Å². The summed E-state index contributed by atoms with van der Waals surface area (Å²) in [5, 5.41) is 2.20. The first-order valence-electron chi connectivity index (χ1n) is 8.34. The Balaban J connectivity index is 1.76. The average Bonchev–Trinajstić information content (AvgIpc) is 2.70. The van der Waals surface area contributed by atoms with E-state index in [0.717, 1.165) is 15.7 Å². The van der Waals surface area contributed by atoms with Crippen LogP contribution in [0.2, 0.25) is 0 Å². The lowest BCUT2D eigenvalue weighted by Gasteiger charge is -2.19. The van der Waals surface area contributed by atoms with E-state index in [1.807, 2.05) is 42.5 Å². The zero-order valence-corrected chi connectivity index (χ0v) is 15.6.